The fraction of sp³-hybridized carbons (Fsp3) is 0.364. The van der Waals surface area contributed by atoms with E-state index in [1.54, 1.807) is 6.20 Å². The van der Waals surface area contributed by atoms with Crippen molar-refractivity contribution in [2.75, 3.05) is 12.3 Å². The molecule has 0 aliphatic carbocycles. The average Bonchev–Trinajstić information content (AvgIpc) is 2.83. The van der Waals surface area contributed by atoms with Gasteiger partial charge in [0, 0.05) is 37.8 Å². The van der Waals surface area contributed by atoms with E-state index in [2.05, 4.69) is 25.1 Å². The van der Waals surface area contributed by atoms with Gasteiger partial charge in [0.1, 0.15) is 0 Å². The summed E-state index contributed by atoms with van der Waals surface area (Å²) in [5, 5.41) is 6.70. The number of hydrogen-bond donors (Lipinski definition) is 3. The Hall–Kier alpha value is -2.15. The number of nitrogen functional groups attached to an aromatic ring is 1. The molecule has 1 aliphatic heterocycles. The lowest BCUT2D eigenvalue weighted by Gasteiger charge is -2.26. The number of aromatic amines is 2. The Kier molecular flexibility index (Phi) is 2.60. The van der Waals surface area contributed by atoms with Crippen molar-refractivity contribution in [3.63, 3.8) is 0 Å². The van der Waals surface area contributed by atoms with Gasteiger partial charge >= 0.3 is 0 Å². The minimum absolute atomic E-state index is 0.130. The number of H-pyrrole nitrogens is 2. The molecule has 7 heteroatoms. The molecule has 1 aliphatic rings. The van der Waals surface area contributed by atoms with Gasteiger partial charge in [0.15, 0.2) is 0 Å². The van der Waals surface area contributed by atoms with Gasteiger partial charge in [-0.05, 0) is 0 Å². The first-order valence-electron chi connectivity index (χ1n) is 5.80. The molecule has 0 spiro atoms. The highest BCUT2D eigenvalue weighted by atomic mass is 16.1. The van der Waals surface area contributed by atoms with Crippen LogP contribution < -0.4 is 11.3 Å². The van der Waals surface area contributed by atoms with E-state index in [-0.39, 0.29) is 11.5 Å². The molecular formula is C11H14N6O. The molecule has 0 amide bonds. The minimum atomic E-state index is -0.130. The maximum Gasteiger partial charge on any atom is 0.257 e. The quantitative estimate of drug-likeness (QED) is 0.671. The summed E-state index contributed by atoms with van der Waals surface area (Å²) in [7, 11) is 0. The number of nitrogens with zero attached hydrogens (tertiary/aromatic N) is 3. The molecule has 0 radical (unpaired) electrons. The van der Waals surface area contributed by atoms with Crippen LogP contribution in [-0.2, 0) is 19.5 Å². The Morgan fingerprint density at radius 1 is 1.50 bits per heavy atom. The van der Waals surface area contributed by atoms with Crippen LogP contribution in [0.1, 0.15) is 16.8 Å². The number of nitrogens with two attached hydrogens (primary N) is 1. The van der Waals surface area contributed by atoms with Crippen molar-refractivity contribution in [1.29, 1.82) is 0 Å². The lowest BCUT2D eigenvalue weighted by atomic mass is 10.1. The van der Waals surface area contributed by atoms with Crippen LogP contribution in [0.5, 0.6) is 0 Å². The first kappa shape index (κ1) is 11.0. The zero-order chi connectivity index (χ0) is 12.5. The van der Waals surface area contributed by atoms with Crippen LogP contribution in [0.25, 0.3) is 0 Å². The van der Waals surface area contributed by atoms with E-state index in [0.29, 0.717) is 6.54 Å². The van der Waals surface area contributed by atoms with Gasteiger partial charge in [-0.15, -0.1) is 0 Å². The number of fused-ring (bicyclic) bond motifs is 1. The molecule has 7 nitrogen and oxygen atoms in total. The average molecular weight is 246 g/mol. The Morgan fingerprint density at radius 3 is 3.17 bits per heavy atom. The van der Waals surface area contributed by atoms with E-state index in [9.17, 15) is 4.79 Å². The van der Waals surface area contributed by atoms with Gasteiger partial charge in [0.2, 0.25) is 5.95 Å². The molecule has 3 rings (SSSR count). The summed E-state index contributed by atoms with van der Waals surface area (Å²) in [6.45, 7) is 2.25. The third kappa shape index (κ3) is 2.00. The van der Waals surface area contributed by atoms with Gasteiger partial charge < -0.3 is 5.73 Å². The molecule has 0 atom stereocenters. The number of hydrogen-bond acceptors (Lipinski definition) is 5. The molecule has 2 aromatic heterocycles. The Labute approximate surface area is 103 Å². The molecule has 0 saturated heterocycles. The predicted octanol–water partition coefficient (Wildman–Crippen LogP) is -0.367. The fourth-order valence-corrected chi connectivity index (χ4v) is 2.26. The molecular weight excluding hydrogens is 232 g/mol. The SMILES string of the molecule is Nc1nc2c(c(=O)[nH]1)CN(Cc1cn[nH]c1)CC2. The second-order valence-corrected chi connectivity index (χ2v) is 4.44. The third-order valence-electron chi connectivity index (χ3n) is 3.13. The van der Waals surface area contributed by atoms with Crippen LogP contribution in [0.15, 0.2) is 17.2 Å². The molecule has 2 aromatic rings. The van der Waals surface area contributed by atoms with Gasteiger partial charge in [-0.25, -0.2) is 4.98 Å². The maximum atomic E-state index is 11.8. The molecule has 0 fully saturated rings. The van der Waals surface area contributed by atoms with Crippen molar-refractivity contribution < 1.29 is 0 Å². The number of aromatic nitrogens is 4. The van der Waals surface area contributed by atoms with Crippen molar-refractivity contribution in [1.82, 2.24) is 25.1 Å². The van der Waals surface area contributed by atoms with Crippen molar-refractivity contribution in [3.8, 4) is 0 Å². The summed E-state index contributed by atoms with van der Waals surface area (Å²) < 4.78 is 0. The Balaban J connectivity index is 1.83. The Morgan fingerprint density at radius 2 is 2.39 bits per heavy atom. The van der Waals surface area contributed by atoms with Crippen molar-refractivity contribution in [2.24, 2.45) is 0 Å². The summed E-state index contributed by atoms with van der Waals surface area (Å²) in [5.41, 5.74) is 8.05. The molecule has 0 unspecified atom stereocenters. The summed E-state index contributed by atoms with van der Waals surface area (Å²) in [6, 6.07) is 0. The van der Waals surface area contributed by atoms with Gasteiger partial charge in [-0.3, -0.25) is 19.8 Å². The summed E-state index contributed by atoms with van der Waals surface area (Å²) in [4.78, 5) is 20.7. The van der Waals surface area contributed by atoms with E-state index in [0.717, 1.165) is 36.3 Å². The van der Waals surface area contributed by atoms with Crippen LogP contribution in [0.2, 0.25) is 0 Å². The van der Waals surface area contributed by atoms with E-state index >= 15 is 0 Å². The van der Waals surface area contributed by atoms with E-state index in [1.807, 2.05) is 6.20 Å². The highest BCUT2D eigenvalue weighted by Crippen LogP contribution is 2.16. The summed E-state index contributed by atoms with van der Waals surface area (Å²) >= 11 is 0. The minimum Gasteiger partial charge on any atom is -0.369 e. The van der Waals surface area contributed by atoms with Gasteiger partial charge in [-0.1, -0.05) is 0 Å². The number of anilines is 1. The molecule has 0 aromatic carbocycles. The van der Waals surface area contributed by atoms with Crippen LogP contribution in [-0.4, -0.2) is 31.6 Å². The summed E-state index contributed by atoms with van der Waals surface area (Å²) in [6.07, 6.45) is 4.41. The zero-order valence-corrected chi connectivity index (χ0v) is 9.81. The fourth-order valence-electron chi connectivity index (χ4n) is 2.26. The summed E-state index contributed by atoms with van der Waals surface area (Å²) in [5.74, 6) is 0.196. The predicted molar refractivity (Wildman–Crippen MR) is 65.7 cm³/mol. The smallest absolute Gasteiger partial charge is 0.257 e. The lowest BCUT2D eigenvalue weighted by Crippen LogP contribution is -2.35. The monoisotopic (exact) mass is 246 g/mol. The van der Waals surface area contributed by atoms with E-state index in [4.69, 9.17) is 5.73 Å². The molecule has 0 bridgehead atoms. The number of nitrogens with one attached hydrogen (secondary N) is 2. The van der Waals surface area contributed by atoms with Crippen molar-refractivity contribution in [2.45, 2.75) is 19.5 Å². The molecule has 0 saturated carbocycles. The normalized spacial score (nSPS) is 15.6. The van der Waals surface area contributed by atoms with Crippen LogP contribution in [0.4, 0.5) is 5.95 Å². The molecule has 3 heterocycles. The van der Waals surface area contributed by atoms with Crippen molar-refractivity contribution in [3.05, 3.63) is 39.6 Å². The van der Waals surface area contributed by atoms with E-state index in [1.165, 1.54) is 0 Å². The van der Waals surface area contributed by atoms with Gasteiger partial charge in [0.25, 0.3) is 5.56 Å². The topological polar surface area (TPSA) is 104 Å². The lowest BCUT2D eigenvalue weighted by molar-refractivity contribution is 0.242. The Bertz CT molecular complexity index is 602. The molecule has 4 N–H and O–H groups in total. The van der Waals surface area contributed by atoms with Gasteiger partial charge in [-0.2, -0.15) is 5.10 Å². The van der Waals surface area contributed by atoms with Crippen molar-refractivity contribution >= 4 is 5.95 Å². The highest BCUT2D eigenvalue weighted by molar-refractivity contribution is 5.27. The first-order valence-corrected chi connectivity index (χ1v) is 5.80. The molecule has 18 heavy (non-hydrogen) atoms. The second kappa shape index (κ2) is 4.26. The standard InChI is InChI=1S/C11H14N6O/c12-11-15-9-1-2-17(5-7-3-13-14-4-7)6-8(9)10(18)16-11/h3-4H,1-2,5-6H2,(H,13,14)(H3,12,15,16,18). The third-order valence-corrected chi connectivity index (χ3v) is 3.13. The van der Waals surface area contributed by atoms with Crippen LogP contribution in [0, 0.1) is 0 Å². The number of rotatable bonds is 2. The largest absolute Gasteiger partial charge is 0.369 e. The van der Waals surface area contributed by atoms with Crippen LogP contribution >= 0.6 is 0 Å². The maximum absolute atomic E-state index is 11.8. The van der Waals surface area contributed by atoms with E-state index < -0.39 is 0 Å². The van der Waals surface area contributed by atoms with Crippen LogP contribution in [0.3, 0.4) is 0 Å². The zero-order valence-electron chi connectivity index (χ0n) is 9.81. The molecule has 94 valence electrons. The first-order chi connectivity index (χ1) is 8.72. The second-order valence-electron chi connectivity index (χ2n) is 4.44. The van der Waals surface area contributed by atoms with Gasteiger partial charge in [0.05, 0.1) is 17.5 Å². The highest BCUT2D eigenvalue weighted by Gasteiger charge is 2.20.